The topological polar surface area (TPSA) is 18.8 Å². The second kappa shape index (κ2) is 7.35. The molecule has 140 valence electrons. The van der Waals surface area contributed by atoms with Crippen LogP contribution < -0.4 is 9.80 Å². The van der Waals surface area contributed by atoms with E-state index >= 15 is 0 Å². The van der Waals surface area contributed by atoms with Crippen molar-refractivity contribution in [2.24, 2.45) is 4.99 Å². The predicted molar refractivity (Wildman–Crippen MR) is 122 cm³/mol. The molecule has 0 aliphatic carbocycles. The van der Waals surface area contributed by atoms with Crippen LogP contribution >= 0.6 is 0 Å². The quantitative estimate of drug-likeness (QED) is 0.462. The molecule has 3 aromatic carbocycles. The Bertz CT molecular complexity index is 1040. The highest BCUT2D eigenvalue weighted by Gasteiger charge is 2.35. The fourth-order valence-electron chi connectivity index (χ4n) is 4.14. The normalized spacial score (nSPS) is 15.9. The average Bonchev–Trinajstić information content (AvgIpc) is 3.02. The number of hydrogen-bond acceptors (Lipinski definition) is 3. The zero-order valence-electron chi connectivity index (χ0n) is 16.6. The molecule has 0 fully saturated rings. The van der Waals surface area contributed by atoms with Gasteiger partial charge in [-0.2, -0.15) is 0 Å². The summed E-state index contributed by atoms with van der Waals surface area (Å²) >= 11 is 0. The highest BCUT2D eigenvalue weighted by atomic mass is 15.4. The molecule has 1 heterocycles. The third-order valence-corrected chi connectivity index (χ3v) is 5.41. The smallest absolute Gasteiger partial charge is 0.108 e. The summed E-state index contributed by atoms with van der Waals surface area (Å²) in [5.41, 5.74) is 8.07. The molecule has 4 rings (SSSR count). The van der Waals surface area contributed by atoms with Crippen LogP contribution in [0, 0.1) is 6.92 Å². The van der Waals surface area contributed by atoms with Crippen molar-refractivity contribution in [1.29, 1.82) is 0 Å². The number of para-hydroxylation sites is 3. The molecule has 3 heteroatoms. The van der Waals surface area contributed by atoms with Gasteiger partial charge in [0.2, 0.25) is 0 Å². The second-order valence-electron chi connectivity index (χ2n) is 7.00. The molecular weight excluding hydrogens is 342 g/mol. The highest BCUT2D eigenvalue weighted by molar-refractivity contribution is 5.90. The largest absolute Gasteiger partial charge is 0.319 e. The van der Waals surface area contributed by atoms with Gasteiger partial charge in [0.05, 0.1) is 17.1 Å². The summed E-state index contributed by atoms with van der Waals surface area (Å²) < 4.78 is 0. The Morgan fingerprint density at radius 1 is 0.857 bits per heavy atom. The zero-order chi connectivity index (χ0) is 19.7. The van der Waals surface area contributed by atoms with Crippen molar-refractivity contribution < 1.29 is 0 Å². The van der Waals surface area contributed by atoms with Gasteiger partial charge < -0.3 is 9.80 Å². The van der Waals surface area contributed by atoms with Crippen molar-refractivity contribution in [3.8, 4) is 0 Å². The van der Waals surface area contributed by atoms with Crippen LogP contribution in [-0.2, 0) is 0 Å². The number of rotatable bonds is 4. The molecule has 0 spiro atoms. The number of nitrogens with zero attached hydrogens (tertiary/aromatic N) is 3. The Kier molecular flexibility index (Phi) is 4.74. The minimum absolute atomic E-state index is 0.152. The fraction of sp³-hybridized carbons (Fsp3) is 0.160. The summed E-state index contributed by atoms with van der Waals surface area (Å²) in [6, 6.07) is 23.4. The van der Waals surface area contributed by atoms with Gasteiger partial charge >= 0.3 is 0 Å². The van der Waals surface area contributed by atoms with Gasteiger partial charge in [0.15, 0.2) is 0 Å². The summed E-state index contributed by atoms with van der Waals surface area (Å²) in [7, 11) is 0. The maximum absolute atomic E-state index is 4.21. The molecule has 1 aliphatic rings. The molecule has 28 heavy (non-hydrogen) atoms. The lowest BCUT2D eigenvalue weighted by molar-refractivity contribution is 0.759. The van der Waals surface area contributed by atoms with E-state index in [1.54, 1.807) is 0 Å². The van der Waals surface area contributed by atoms with E-state index in [0.717, 1.165) is 11.3 Å². The molecule has 3 nitrogen and oxygen atoms in total. The van der Waals surface area contributed by atoms with Gasteiger partial charge in [-0.3, -0.25) is 4.99 Å². The van der Waals surface area contributed by atoms with E-state index in [0.29, 0.717) is 0 Å². The van der Waals surface area contributed by atoms with Crippen LogP contribution in [0.2, 0.25) is 0 Å². The van der Waals surface area contributed by atoms with Gasteiger partial charge in [0, 0.05) is 16.9 Å². The number of aliphatic imine (C=N–C) groups is 1. The lowest BCUT2D eigenvalue weighted by Crippen LogP contribution is -2.35. The van der Waals surface area contributed by atoms with Crippen LogP contribution in [-0.4, -0.2) is 12.9 Å². The minimum Gasteiger partial charge on any atom is -0.319 e. The van der Waals surface area contributed by atoms with Crippen molar-refractivity contribution in [2.75, 3.05) is 9.80 Å². The predicted octanol–water partition coefficient (Wildman–Crippen LogP) is 7.00. The van der Waals surface area contributed by atoms with Gasteiger partial charge in [0.1, 0.15) is 6.17 Å². The van der Waals surface area contributed by atoms with Crippen LogP contribution in [0.1, 0.15) is 25.0 Å². The molecule has 0 N–H and O–H groups in total. The van der Waals surface area contributed by atoms with Crippen molar-refractivity contribution >= 4 is 41.2 Å². The molecular formula is C25H25N3. The van der Waals surface area contributed by atoms with E-state index < -0.39 is 0 Å². The van der Waals surface area contributed by atoms with Gasteiger partial charge in [-0.15, -0.1) is 0 Å². The molecule has 0 unspecified atom stereocenters. The Hall–Kier alpha value is -3.33. The summed E-state index contributed by atoms with van der Waals surface area (Å²) in [5.74, 6) is 0. The summed E-state index contributed by atoms with van der Waals surface area (Å²) in [4.78, 5) is 9.02. The van der Waals surface area contributed by atoms with E-state index in [1.807, 2.05) is 6.92 Å². The van der Waals surface area contributed by atoms with Crippen LogP contribution in [0.4, 0.5) is 28.4 Å². The fourth-order valence-corrected chi connectivity index (χ4v) is 4.14. The lowest BCUT2D eigenvalue weighted by atomic mass is 10.0. The number of benzene rings is 3. The monoisotopic (exact) mass is 367 g/mol. The Morgan fingerprint density at radius 3 is 2.14 bits per heavy atom. The summed E-state index contributed by atoms with van der Waals surface area (Å²) in [5, 5.41) is 0. The SMILES string of the molecule is C=Nc1ccc(N2c3ccccc3N(c3ccccc3)[C@@H]2C)c(C)c1/C=C\C. The second-order valence-corrected chi connectivity index (χ2v) is 7.00. The Morgan fingerprint density at radius 2 is 1.50 bits per heavy atom. The van der Waals surface area contributed by atoms with Crippen molar-refractivity contribution in [2.45, 2.75) is 26.9 Å². The number of fused-ring (bicyclic) bond motifs is 1. The maximum Gasteiger partial charge on any atom is 0.108 e. The van der Waals surface area contributed by atoms with Crippen LogP contribution in [0.15, 0.2) is 77.8 Å². The van der Waals surface area contributed by atoms with Crippen molar-refractivity contribution in [3.63, 3.8) is 0 Å². The van der Waals surface area contributed by atoms with Crippen LogP contribution in [0.25, 0.3) is 6.08 Å². The first-order valence-electron chi connectivity index (χ1n) is 9.63. The van der Waals surface area contributed by atoms with E-state index in [2.05, 4.69) is 114 Å². The molecule has 3 aromatic rings. The first-order valence-corrected chi connectivity index (χ1v) is 9.63. The first-order chi connectivity index (χ1) is 13.7. The minimum atomic E-state index is 0.152. The molecule has 0 saturated heterocycles. The highest BCUT2D eigenvalue weighted by Crippen LogP contribution is 2.49. The number of hydrogen-bond donors (Lipinski definition) is 0. The lowest BCUT2D eigenvalue weighted by Gasteiger charge is -2.31. The van der Waals surface area contributed by atoms with E-state index in [9.17, 15) is 0 Å². The Labute approximate surface area is 167 Å². The molecule has 0 amide bonds. The molecule has 1 atom stereocenters. The maximum atomic E-state index is 4.21. The standard InChI is InChI=1S/C25H25N3/c1-5-11-21-18(2)23(17-16-22(21)26-4)28-19(3)27(20-12-7-6-8-13-20)24-14-9-10-15-25(24)28/h5-17,19H,4H2,1-3H3/b11-5-/t19-/m0/s1. The first kappa shape index (κ1) is 18.1. The van der Waals surface area contributed by atoms with Crippen molar-refractivity contribution in [3.05, 3.63) is 83.9 Å². The molecule has 0 aromatic heterocycles. The number of allylic oxidation sites excluding steroid dienone is 1. The average molecular weight is 367 g/mol. The molecule has 0 radical (unpaired) electrons. The summed E-state index contributed by atoms with van der Waals surface area (Å²) in [6.45, 7) is 10.2. The van der Waals surface area contributed by atoms with Crippen molar-refractivity contribution in [1.82, 2.24) is 0 Å². The molecule has 1 aliphatic heterocycles. The zero-order valence-corrected chi connectivity index (χ0v) is 16.6. The van der Waals surface area contributed by atoms with E-state index in [4.69, 9.17) is 0 Å². The van der Waals surface area contributed by atoms with Gasteiger partial charge in [-0.25, -0.2) is 0 Å². The molecule has 0 bridgehead atoms. The van der Waals surface area contributed by atoms with Crippen LogP contribution in [0.5, 0.6) is 0 Å². The third kappa shape index (κ3) is 2.80. The molecule has 0 saturated carbocycles. The van der Waals surface area contributed by atoms with Gasteiger partial charge in [-0.05, 0) is 69.5 Å². The number of anilines is 4. The van der Waals surface area contributed by atoms with Gasteiger partial charge in [-0.1, -0.05) is 42.5 Å². The van der Waals surface area contributed by atoms with Gasteiger partial charge in [0.25, 0.3) is 0 Å². The Balaban J connectivity index is 1.90. The third-order valence-electron chi connectivity index (χ3n) is 5.41. The van der Waals surface area contributed by atoms with E-state index in [1.165, 1.54) is 28.3 Å². The summed E-state index contributed by atoms with van der Waals surface area (Å²) in [6.07, 6.45) is 4.32. The van der Waals surface area contributed by atoms with Crippen LogP contribution in [0.3, 0.4) is 0 Å². The van der Waals surface area contributed by atoms with E-state index in [-0.39, 0.29) is 6.17 Å².